The van der Waals surface area contributed by atoms with Crippen LogP contribution in [-0.4, -0.2) is 42.2 Å². The van der Waals surface area contributed by atoms with Gasteiger partial charge in [0.2, 0.25) is 0 Å². The van der Waals surface area contributed by atoms with E-state index in [-0.39, 0.29) is 17.9 Å². The van der Waals surface area contributed by atoms with Crippen LogP contribution in [0.4, 0.5) is 0 Å². The van der Waals surface area contributed by atoms with Gasteiger partial charge in [0, 0.05) is 10.9 Å². The lowest BCUT2D eigenvalue weighted by atomic mass is 9.85. The summed E-state index contributed by atoms with van der Waals surface area (Å²) in [5.74, 6) is -3.48. The Morgan fingerprint density at radius 3 is 2.60 bits per heavy atom. The summed E-state index contributed by atoms with van der Waals surface area (Å²) in [5.41, 5.74) is 0.710. The van der Waals surface area contributed by atoms with E-state index >= 15 is 0 Å². The average Bonchev–Trinajstić information content (AvgIpc) is 2.59. The van der Waals surface area contributed by atoms with Crippen LogP contribution in [0, 0.1) is 11.8 Å². The molecule has 110 valence electrons. The summed E-state index contributed by atoms with van der Waals surface area (Å²) in [6.07, 6.45) is -0.979. The van der Waals surface area contributed by atoms with Gasteiger partial charge in [0.05, 0.1) is 23.5 Å². The largest absolute Gasteiger partial charge is 0.481 e. The van der Waals surface area contributed by atoms with Crippen LogP contribution >= 0.6 is 11.6 Å². The monoisotopic (exact) mass is 318 g/mol. The van der Waals surface area contributed by atoms with Crippen molar-refractivity contribution in [3.63, 3.8) is 0 Å². The second kappa shape index (κ2) is 5.71. The Morgan fingerprint density at radius 1 is 1.40 bits per heavy atom. The molecular weight excluding hydrogens is 304 g/mol. The van der Waals surface area contributed by atoms with Crippen LogP contribution in [0.5, 0.6) is 0 Å². The van der Waals surface area contributed by atoms with Crippen LogP contribution < -0.4 is 0 Å². The normalized spacial score (nSPS) is 26.3. The summed E-state index contributed by atoms with van der Waals surface area (Å²) in [6.45, 7) is 0. The predicted octanol–water partition coefficient (Wildman–Crippen LogP) is 0.989. The highest BCUT2D eigenvalue weighted by Crippen LogP contribution is 2.29. The highest BCUT2D eigenvalue weighted by atomic mass is 35.5. The lowest BCUT2D eigenvalue weighted by molar-refractivity contribution is -0.144. The third kappa shape index (κ3) is 3.50. The highest BCUT2D eigenvalue weighted by Gasteiger charge is 2.43. The molecule has 1 heterocycles. The van der Waals surface area contributed by atoms with Crippen molar-refractivity contribution in [3.8, 4) is 0 Å². The molecule has 1 aromatic rings. The summed E-state index contributed by atoms with van der Waals surface area (Å²) in [4.78, 5) is 11.4. The molecule has 0 bridgehead atoms. The summed E-state index contributed by atoms with van der Waals surface area (Å²) < 4.78 is 23.0. The molecule has 3 atom stereocenters. The Balaban J connectivity index is 2.22. The van der Waals surface area contributed by atoms with Gasteiger partial charge in [-0.25, -0.2) is 8.42 Å². The number of rotatable bonds is 4. The highest BCUT2D eigenvalue weighted by molar-refractivity contribution is 7.91. The molecule has 1 fully saturated rings. The maximum absolute atomic E-state index is 11.5. The zero-order valence-electron chi connectivity index (χ0n) is 10.6. The Hall–Kier alpha value is -1.11. The number of aliphatic hydroxyl groups excluding tert-OH is 1. The van der Waals surface area contributed by atoms with Gasteiger partial charge >= 0.3 is 5.97 Å². The predicted molar refractivity (Wildman–Crippen MR) is 74.4 cm³/mol. The summed E-state index contributed by atoms with van der Waals surface area (Å²) in [6, 6.07) is 6.76. The fourth-order valence-electron chi connectivity index (χ4n) is 2.58. The fourth-order valence-corrected chi connectivity index (χ4v) is 4.74. The Morgan fingerprint density at radius 2 is 2.10 bits per heavy atom. The summed E-state index contributed by atoms with van der Waals surface area (Å²) >= 11 is 5.85. The quantitative estimate of drug-likeness (QED) is 0.863. The van der Waals surface area contributed by atoms with Crippen molar-refractivity contribution in [2.24, 2.45) is 11.8 Å². The maximum atomic E-state index is 11.5. The molecule has 1 saturated heterocycles. The van der Waals surface area contributed by atoms with Crippen LogP contribution in [0.25, 0.3) is 0 Å². The van der Waals surface area contributed by atoms with Crippen molar-refractivity contribution in [1.29, 1.82) is 0 Å². The Bertz CT molecular complexity index is 613. The van der Waals surface area contributed by atoms with Crippen molar-refractivity contribution in [3.05, 3.63) is 34.9 Å². The Kier molecular flexibility index (Phi) is 4.36. The molecule has 0 spiro atoms. The van der Waals surface area contributed by atoms with Crippen molar-refractivity contribution < 1.29 is 23.4 Å². The van der Waals surface area contributed by atoms with Gasteiger partial charge in [-0.1, -0.05) is 23.7 Å². The second-order valence-corrected chi connectivity index (χ2v) is 7.68. The van der Waals surface area contributed by atoms with E-state index in [4.69, 9.17) is 11.6 Å². The number of sulfone groups is 1. The van der Waals surface area contributed by atoms with E-state index in [0.29, 0.717) is 10.6 Å². The number of aliphatic hydroxyl groups is 1. The number of carboxylic acid groups (broad SMARTS) is 1. The Labute approximate surface area is 122 Å². The van der Waals surface area contributed by atoms with E-state index in [1.807, 2.05) is 0 Å². The zero-order valence-corrected chi connectivity index (χ0v) is 12.1. The lowest BCUT2D eigenvalue weighted by Gasteiger charge is -2.21. The maximum Gasteiger partial charge on any atom is 0.307 e. The van der Waals surface area contributed by atoms with Gasteiger partial charge in [0.1, 0.15) is 0 Å². The molecule has 20 heavy (non-hydrogen) atoms. The number of carbonyl (C=O) groups is 1. The van der Waals surface area contributed by atoms with Crippen LogP contribution in [0.1, 0.15) is 5.56 Å². The first kappa shape index (κ1) is 15.3. The first-order chi connectivity index (χ1) is 9.28. The number of aliphatic carboxylic acids is 1. The fraction of sp³-hybridized carbons (Fsp3) is 0.462. The number of benzene rings is 1. The first-order valence-electron chi connectivity index (χ1n) is 6.14. The SMILES string of the molecule is O=C(O)C(Cc1cccc(Cl)c1)C1CS(=O)(=O)CC1O. The number of carboxylic acids is 1. The zero-order chi connectivity index (χ0) is 14.9. The molecule has 5 nitrogen and oxygen atoms in total. The van der Waals surface area contributed by atoms with E-state index in [0.717, 1.165) is 0 Å². The minimum atomic E-state index is -3.36. The molecule has 0 radical (unpaired) electrons. The standard InChI is InChI=1S/C13H15ClO5S/c14-9-3-1-2-8(4-9)5-10(13(16)17)11-6-20(18,19)7-12(11)15/h1-4,10-12,15H,5-7H2,(H,16,17). The molecule has 0 aromatic heterocycles. The topological polar surface area (TPSA) is 91.7 Å². The van der Waals surface area contributed by atoms with Crippen LogP contribution in [0.2, 0.25) is 5.02 Å². The molecule has 1 aliphatic heterocycles. The van der Waals surface area contributed by atoms with Gasteiger partial charge < -0.3 is 10.2 Å². The van der Waals surface area contributed by atoms with E-state index in [1.165, 1.54) is 0 Å². The van der Waals surface area contributed by atoms with E-state index in [2.05, 4.69) is 0 Å². The third-order valence-corrected chi connectivity index (χ3v) is 5.52. The van der Waals surface area contributed by atoms with Gasteiger partial charge in [0.25, 0.3) is 0 Å². The number of hydrogen-bond acceptors (Lipinski definition) is 4. The second-order valence-electron chi connectivity index (χ2n) is 5.09. The van der Waals surface area contributed by atoms with Crippen molar-refractivity contribution in [2.45, 2.75) is 12.5 Å². The van der Waals surface area contributed by atoms with Crippen LogP contribution in [0.3, 0.4) is 0 Å². The summed E-state index contributed by atoms with van der Waals surface area (Å²) in [7, 11) is -3.36. The first-order valence-corrected chi connectivity index (χ1v) is 8.34. The lowest BCUT2D eigenvalue weighted by Crippen LogP contribution is -2.33. The molecule has 0 aliphatic carbocycles. The van der Waals surface area contributed by atoms with Gasteiger partial charge in [-0.2, -0.15) is 0 Å². The van der Waals surface area contributed by atoms with Crippen LogP contribution in [-0.2, 0) is 21.1 Å². The summed E-state index contributed by atoms with van der Waals surface area (Å²) in [5, 5.41) is 19.6. The number of hydrogen-bond donors (Lipinski definition) is 2. The minimum absolute atomic E-state index is 0.146. The smallest absolute Gasteiger partial charge is 0.307 e. The molecule has 2 rings (SSSR count). The molecule has 0 amide bonds. The molecule has 1 aliphatic rings. The van der Waals surface area contributed by atoms with Gasteiger partial charge in [-0.05, 0) is 24.1 Å². The van der Waals surface area contributed by atoms with Crippen molar-refractivity contribution in [1.82, 2.24) is 0 Å². The third-order valence-electron chi connectivity index (χ3n) is 3.54. The van der Waals surface area contributed by atoms with Crippen molar-refractivity contribution >= 4 is 27.4 Å². The molecule has 2 N–H and O–H groups in total. The van der Waals surface area contributed by atoms with Crippen molar-refractivity contribution in [2.75, 3.05) is 11.5 Å². The average molecular weight is 319 g/mol. The molecule has 3 unspecified atom stereocenters. The van der Waals surface area contributed by atoms with E-state index < -0.39 is 33.7 Å². The van der Waals surface area contributed by atoms with E-state index in [1.54, 1.807) is 24.3 Å². The van der Waals surface area contributed by atoms with Crippen LogP contribution in [0.15, 0.2) is 24.3 Å². The molecule has 1 aromatic carbocycles. The molecule has 7 heteroatoms. The van der Waals surface area contributed by atoms with E-state index in [9.17, 15) is 23.4 Å². The molecular formula is C13H15ClO5S. The molecule has 0 saturated carbocycles. The van der Waals surface area contributed by atoms with Gasteiger partial charge in [0.15, 0.2) is 9.84 Å². The minimum Gasteiger partial charge on any atom is -0.481 e. The number of halogens is 1. The van der Waals surface area contributed by atoms with Gasteiger partial charge in [-0.15, -0.1) is 0 Å². The van der Waals surface area contributed by atoms with Gasteiger partial charge in [-0.3, -0.25) is 4.79 Å².